The van der Waals surface area contributed by atoms with Crippen LogP contribution in [0.5, 0.6) is 0 Å². The largest absolute Gasteiger partial charge is 0.350 e. The van der Waals surface area contributed by atoms with Crippen molar-refractivity contribution < 1.29 is 4.79 Å². The number of carbonyl (C=O) groups excluding carboxylic acids is 1. The van der Waals surface area contributed by atoms with Crippen LogP contribution in [-0.4, -0.2) is 22.4 Å². The van der Waals surface area contributed by atoms with Crippen LogP contribution in [0.15, 0.2) is 42.7 Å². The summed E-state index contributed by atoms with van der Waals surface area (Å²) in [5.41, 5.74) is 2.61. The Morgan fingerprint density at radius 2 is 1.95 bits per heavy atom. The number of aromatic nitrogens is 2. The van der Waals surface area contributed by atoms with Gasteiger partial charge in [0.2, 0.25) is 0 Å². The van der Waals surface area contributed by atoms with E-state index in [0.29, 0.717) is 12.2 Å². The highest BCUT2D eigenvalue weighted by Gasteiger charge is 2.44. The molecule has 0 aliphatic heterocycles. The van der Waals surface area contributed by atoms with Gasteiger partial charge in [-0.1, -0.05) is 30.3 Å². The summed E-state index contributed by atoms with van der Waals surface area (Å²) < 4.78 is 0. The average Bonchev–Trinajstić information content (AvgIpc) is 3.28. The highest BCUT2D eigenvalue weighted by molar-refractivity contribution is 5.92. The Balaban J connectivity index is 1.65. The van der Waals surface area contributed by atoms with Crippen molar-refractivity contribution in [2.75, 3.05) is 6.54 Å². The molecular formula is C16H17N3O. The van der Waals surface area contributed by atoms with Crippen LogP contribution in [0.25, 0.3) is 0 Å². The molecule has 1 N–H and O–H groups in total. The summed E-state index contributed by atoms with van der Waals surface area (Å²) >= 11 is 0. The number of hydrogen-bond donors (Lipinski definition) is 1. The smallest absolute Gasteiger partial charge is 0.271 e. The van der Waals surface area contributed by atoms with Crippen molar-refractivity contribution in [3.63, 3.8) is 0 Å². The van der Waals surface area contributed by atoms with E-state index < -0.39 is 0 Å². The van der Waals surface area contributed by atoms with E-state index in [1.807, 2.05) is 25.1 Å². The van der Waals surface area contributed by atoms with Crippen LogP contribution in [0, 0.1) is 6.92 Å². The summed E-state index contributed by atoms with van der Waals surface area (Å²) in [6.45, 7) is 2.51. The second-order valence-electron chi connectivity index (χ2n) is 5.37. The van der Waals surface area contributed by atoms with Crippen LogP contribution in [-0.2, 0) is 5.41 Å². The number of nitrogens with zero attached hydrogens (tertiary/aromatic N) is 2. The van der Waals surface area contributed by atoms with Crippen LogP contribution in [0.4, 0.5) is 0 Å². The zero-order chi connectivity index (χ0) is 14.0. The molecule has 0 spiro atoms. The predicted molar refractivity (Wildman–Crippen MR) is 76.5 cm³/mol. The first kappa shape index (κ1) is 12.8. The zero-order valence-electron chi connectivity index (χ0n) is 11.5. The number of rotatable bonds is 4. The van der Waals surface area contributed by atoms with Gasteiger partial charge >= 0.3 is 0 Å². The van der Waals surface area contributed by atoms with Gasteiger partial charge in [-0.2, -0.15) is 0 Å². The lowest BCUT2D eigenvalue weighted by Crippen LogP contribution is -2.32. The van der Waals surface area contributed by atoms with Gasteiger partial charge in [-0.05, 0) is 25.3 Å². The molecule has 0 bridgehead atoms. The molecule has 1 heterocycles. The molecule has 1 aromatic heterocycles. The van der Waals surface area contributed by atoms with E-state index in [4.69, 9.17) is 0 Å². The first-order chi connectivity index (χ1) is 9.70. The van der Waals surface area contributed by atoms with Gasteiger partial charge in [0.15, 0.2) is 0 Å². The maximum atomic E-state index is 12.0. The molecule has 0 saturated heterocycles. The molecule has 3 rings (SSSR count). The van der Waals surface area contributed by atoms with E-state index in [9.17, 15) is 4.79 Å². The summed E-state index contributed by atoms with van der Waals surface area (Å²) in [5.74, 6) is -0.153. The Morgan fingerprint density at radius 3 is 2.55 bits per heavy atom. The molecule has 4 nitrogen and oxygen atoms in total. The van der Waals surface area contributed by atoms with Crippen molar-refractivity contribution in [3.8, 4) is 0 Å². The third-order valence-corrected chi connectivity index (χ3v) is 3.84. The fraction of sp³-hybridized carbons (Fsp3) is 0.312. The Bertz CT molecular complexity index is 603. The molecular weight excluding hydrogens is 250 g/mol. The van der Waals surface area contributed by atoms with Crippen LogP contribution >= 0.6 is 0 Å². The number of carbonyl (C=O) groups is 1. The van der Waals surface area contributed by atoms with Gasteiger partial charge in [-0.3, -0.25) is 9.78 Å². The quantitative estimate of drug-likeness (QED) is 0.924. The van der Waals surface area contributed by atoms with Crippen molar-refractivity contribution in [2.24, 2.45) is 0 Å². The summed E-state index contributed by atoms with van der Waals surface area (Å²) in [4.78, 5) is 20.2. The molecule has 1 aliphatic carbocycles. The van der Waals surface area contributed by atoms with Crippen LogP contribution in [0.2, 0.25) is 0 Å². The van der Waals surface area contributed by atoms with Crippen LogP contribution in [0.3, 0.4) is 0 Å². The topological polar surface area (TPSA) is 54.9 Å². The zero-order valence-corrected chi connectivity index (χ0v) is 11.5. The van der Waals surface area contributed by atoms with Gasteiger partial charge in [0.25, 0.3) is 5.91 Å². The standard InChI is InChI=1S/C16H17N3O/c1-12-9-18-14(10-17-12)15(20)19-11-16(7-8-16)13-5-3-2-4-6-13/h2-6,9-10H,7-8,11H2,1H3,(H,19,20). The molecule has 1 saturated carbocycles. The molecule has 1 aliphatic rings. The molecule has 0 atom stereocenters. The fourth-order valence-electron chi connectivity index (χ4n) is 2.36. The summed E-state index contributed by atoms with van der Waals surface area (Å²) in [6, 6.07) is 10.4. The molecule has 0 unspecified atom stereocenters. The van der Waals surface area contributed by atoms with E-state index in [2.05, 4.69) is 27.4 Å². The number of hydrogen-bond acceptors (Lipinski definition) is 3. The van der Waals surface area contributed by atoms with Crippen molar-refractivity contribution in [2.45, 2.75) is 25.2 Å². The Hall–Kier alpha value is -2.23. The Labute approximate surface area is 118 Å². The third-order valence-electron chi connectivity index (χ3n) is 3.84. The van der Waals surface area contributed by atoms with Gasteiger partial charge in [0, 0.05) is 18.2 Å². The molecule has 1 fully saturated rings. The number of aryl methyl sites for hydroxylation is 1. The molecule has 2 aromatic rings. The van der Waals surface area contributed by atoms with Crippen LogP contribution < -0.4 is 5.32 Å². The average molecular weight is 267 g/mol. The van der Waals surface area contributed by atoms with Crippen molar-refractivity contribution in [1.29, 1.82) is 0 Å². The van der Waals surface area contributed by atoms with Crippen molar-refractivity contribution in [1.82, 2.24) is 15.3 Å². The van der Waals surface area contributed by atoms with Gasteiger partial charge in [-0.25, -0.2) is 4.98 Å². The van der Waals surface area contributed by atoms with Crippen molar-refractivity contribution >= 4 is 5.91 Å². The van der Waals surface area contributed by atoms with Gasteiger partial charge in [0.1, 0.15) is 5.69 Å². The minimum absolute atomic E-state index is 0.120. The summed E-state index contributed by atoms with van der Waals surface area (Å²) in [6.07, 6.45) is 5.37. The number of amides is 1. The molecule has 1 amide bonds. The van der Waals surface area contributed by atoms with Crippen LogP contribution in [0.1, 0.15) is 34.6 Å². The van der Waals surface area contributed by atoms with E-state index in [-0.39, 0.29) is 11.3 Å². The molecule has 1 aromatic carbocycles. The maximum Gasteiger partial charge on any atom is 0.271 e. The SMILES string of the molecule is Cc1cnc(C(=O)NCC2(c3ccccc3)CC2)cn1. The maximum absolute atomic E-state index is 12.0. The van der Waals surface area contributed by atoms with E-state index >= 15 is 0 Å². The second-order valence-corrected chi connectivity index (χ2v) is 5.37. The highest BCUT2D eigenvalue weighted by Crippen LogP contribution is 2.47. The molecule has 0 radical (unpaired) electrons. The number of benzene rings is 1. The second kappa shape index (κ2) is 5.04. The van der Waals surface area contributed by atoms with E-state index in [1.54, 1.807) is 6.20 Å². The summed E-state index contributed by atoms with van der Waals surface area (Å²) in [5, 5.41) is 2.98. The van der Waals surface area contributed by atoms with Gasteiger partial charge in [-0.15, -0.1) is 0 Å². The predicted octanol–water partition coefficient (Wildman–Crippen LogP) is 2.25. The minimum Gasteiger partial charge on any atom is -0.350 e. The van der Waals surface area contributed by atoms with E-state index in [1.165, 1.54) is 11.8 Å². The normalized spacial score (nSPS) is 15.7. The van der Waals surface area contributed by atoms with Gasteiger partial charge in [0.05, 0.1) is 11.9 Å². The van der Waals surface area contributed by atoms with Crippen molar-refractivity contribution in [3.05, 3.63) is 59.7 Å². The molecule has 4 heteroatoms. The number of nitrogens with one attached hydrogen (secondary N) is 1. The third kappa shape index (κ3) is 2.54. The lowest BCUT2D eigenvalue weighted by Gasteiger charge is -2.16. The minimum atomic E-state index is -0.153. The Kier molecular flexibility index (Phi) is 3.22. The monoisotopic (exact) mass is 267 g/mol. The summed E-state index contributed by atoms with van der Waals surface area (Å²) in [7, 11) is 0. The van der Waals surface area contributed by atoms with Gasteiger partial charge < -0.3 is 5.32 Å². The lowest BCUT2D eigenvalue weighted by atomic mass is 9.96. The lowest BCUT2D eigenvalue weighted by molar-refractivity contribution is 0.0944. The molecule has 20 heavy (non-hydrogen) atoms. The fourth-order valence-corrected chi connectivity index (χ4v) is 2.36. The highest BCUT2D eigenvalue weighted by atomic mass is 16.1. The Morgan fingerprint density at radius 1 is 1.20 bits per heavy atom. The first-order valence-electron chi connectivity index (χ1n) is 6.82. The first-order valence-corrected chi connectivity index (χ1v) is 6.82. The molecule has 102 valence electrons. The van der Waals surface area contributed by atoms with E-state index in [0.717, 1.165) is 18.5 Å².